The Balaban J connectivity index is 2.25. The van der Waals surface area contributed by atoms with E-state index >= 15 is 0 Å². The molecule has 5 heteroatoms. The average molecular weight is 278 g/mol. The van der Waals surface area contributed by atoms with E-state index in [1.54, 1.807) is 24.3 Å². The number of phenols is 1. The summed E-state index contributed by atoms with van der Waals surface area (Å²) in [5.41, 5.74) is 5.58. The molecule has 110 valence electrons. The second-order valence-electron chi connectivity index (χ2n) is 6.42. The van der Waals surface area contributed by atoms with Gasteiger partial charge in [-0.1, -0.05) is 12.1 Å². The Bertz CT molecular complexity index is 504. The lowest BCUT2D eigenvalue weighted by Gasteiger charge is -2.29. The standard InChI is InChI=1S/C15H22N2O3/c1-14(2,3)20-13(19)17(10-15(16)8-9-15)11-6-4-5-7-12(11)18/h4-7,18H,8-10,16H2,1-3H3. The van der Waals surface area contributed by atoms with Crippen molar-refractivity contribution in [2.45, 2.75) is 44.8 Å². The summed E-state index contributed by atoms with van der Waals surface area (Å²) in [4.78, 5) is 13.8. The molecule has 0 aromatic heterocycles. The van der Waals surface area contributed by atoms with Crippen molar-refractivity contribution in [1.29, 1.82) is 0 Å². The van der Waals surface area contributed by atoms with Gasteiger partial charge in [0.15, 0.2) is 0 Å². The zero-order valence-corrected chi connectivity index (χ0v) is 12.2. The molecule has 1 aromatic rings. The molecule has 1 amide bonds. The number of ether oxygens (including phenoxy) is 1. The van der Waals surface area contributed by atoms with Crippen molar-refractivity contribution in [2.75, 3.05) is 11.4 Å². The first-order valence-electron chi connectivity index (χ1n) is 6.78. The number of aromatic hydroxyl groups is 1. The van der Waals surface area contributed by atoms with Gasteiger partial charge in [-0.15, -0.1) is 0 Å². The van der Waals surface area contributed by atoms with Gasteiger partial charge < -0.3 is 15.6 Å². The van der Waals surface area contributed by atoms with Gasteiger partial charge in [0.1, 0.15) is 11.4 Å². The Morgan fingerprint density at radius 1 is 1.40 bits per heavy atom. The first-order valence-corrected chi connectivity index (χ1v) is 6.78. The van der Waals surface area contributed by atoms with Crippen LogP contribution in [0.2, 0.25) is 0 Å². The number of carbonyl (C=O) groups excluding carboxylic acids is 1. The number of nitrogens with zero attached hydrogens (tertiary/aromatic N) is 1. The van der Waals surface area contributed by atoms with Gasteiger partial charge in [0.05, 0.1) is 5.69 Å². The molecule has 0 aliphatic heterocycles. The van der Waals surface area contributed by atoms with Crippen molar-refractivity contribution in [3.05, 3.63) is 24.3 Å². The van der Waals surface area contributed by atoms with Crippen LogP contribution in [0.15, 0.2) is 24.3 Å². The maximum Gasteiger partial charge on any atom is 0.414 e. The minimum atomic E-state index is -0.592. The van der Waals surface area contributed by atoms with Crippen LogP contribution < -0.4 is 10.6 Å². The van der Waals surface area contributed by atoms with E-state index in [0.717, 1.165) is 12.8 Å². The number of para-hydroxylation sites is 2. The van der Waals surface area contributed by atoms with E-state index in [-0.39, 0.29) is 11.3 Å². The summed E-state index contributed by atoms with van der Waals surface area (Å²) in [5.74, 6) is 0.0441. The van der Waals surface area contributed by atoms with Crippen molar-refractivity contribution in [1.82, 2.24) is 0 Å². The van der Waals surface area contributed by atoms with Gasteiger partial charge in [-0.05, 0) is 45.7 Å². The van der Waals surface area contributed by atoms with E-state index in [1.165, 1.54) is 4.90 Å². The van der Waals surface area contributed by atoms with Crippen LogP contribution in [0.5, 0.6) is 5.75 Å². The molecule has 1 saturated carbocycles. The van der Waals surface area contributed by atoms with E-state index in [9.17, 15) is 9.90 Å². The third-order valence-corrected chi connectivity index (χ3v) is 3.15. The summed E-state index contributed by atoms with van der Waals surface area (Å²) in [6.07, 6.45) is 1.26. The number of nitrogens with two attached hydrogens (primary N) is 1. The second-order valence-corrected chi connectivity index (χ2v) is 6.42. The smallest absolute Gasteiger partial charge is 0.414 e. The highest BCUT2D eigenvalue weighted by molar-refractivity contribution is 5.90. The molecule has 1 aliphatic rings. The number of carbonyl (C=O) groups is 1. The Labute approximate surface area is 119 Å². The monoisotopic (exact) mass is 278 g/mol. The molecule has 0 atom stereocenters. The topological polar surface area (TPSA) is 75.8 Å². The third-order valence-electron chi connectivity index (χ3n) is 3.15. The van der Waals surface area contributed by atoms with Crippen LogP contribution >= 0.6 is 0 Å². The van der Waals surface area contributed by atoms with Crippen molar-refractivity contribution < 1.29 is 14.6 Å². The van der Waals surface area contributed by atoms with Gasteiger partial charge in [-0.25, -0.2) is 4.79 Å². The predicted octanol–water partition coefficient (Wildman–Crippen LogP) is 2.63. The zero-order chi connectivity index (χ0) is 15.0. The molecule has 0 unspecified atom stereocenters. The first kappa shape index (κ1) is 14.7. The summed E-state index contributed by atoms with van der Waals surface area (Å²) in [6, 6.07) is 6.71. The zero-order valence-electron chi connectivity index (χ0n) is 12.2. The van der Waals surface area contributed by atoms with E-state index in [1.807, 2.05) is 20.8 Å². The molecule has 0 saturated heterocycles. The normalized spacial score (nSPS) is 16.6. The molecule has 0 bridgehead atoms. The van der Waals surface area contributed by atoms with E-state index < -0.39 is 11.7 Å². The van der Waals surface area contributed by atoms with Crippen molar-refractivity contribution >= 4 is 11.8 Å². The maximum atomic E-state index is 12.4. The van der Waals surface area contributed by atoms with Crippen LogP contribution in [0.4, 0.5) is 10.5 Å². The van der Waals surface area contributed by atoms with E-state index in [4.69, 9.17) is 10.5 Å². The Morgan fingerprint density at radius 2 is 2.00 bits per heavy atom. The first-order chi connectivity index (χ1) is 9.20. The number of anilines is 1. The molecule has 20 heavy (non-hydrogen) atoms. The second kappa shape index (κ2) is 4.98. The van der Waals surface area contributed by atoms with Crippen molar-refractivity contribution in [3.63, 3.8) is 0 Å². The maximum absolute atomic E-state index is 12.4. The lowest BCUT2D eigenvalue weighted by Crippen LogP contribution is -2.45. The van der Waals surface area contributed by atoms with Crippen LogP contribution in [0.3, 0.4) is 0 Å². The summed E-state index contributed by atoms with van der Waals surface area (Å²) in [6.45, 7) is 5.77. The van der Waals surface area contributed by atoms with Crippen molar-refractivity contribution in [3.8, 4) is 5.75 Å². The molecule has 0 spiro atoms. The lowest BCUT2D eigenvalue weighted by atomic mass is 10.2. The fourth-order valence-electron chi connectivity index (χ4n) is 1.89. The SMILES string of the molecule is CC(C)(C)OC(=O)N(CC1(N)CC1)c1ccccc1O. The van der Waals surface area contributed by atoms with Gasteiger partial charge in [0.2, 0.25) is 0 Å². The van der Waals surface area contributed by atoms with Crippen LogP contribution in [-0.4, -0.2) is 28.9 Å². The fraction of sp³-hybridized carbons (Fsp3) is 0.533. The minimum Gasteiger partial charge on any atom is -0.506 e. The molecule has 0 radical (unpaired) electrons. The van der Waals surface area contributed by atoms with E-state index in [2.05, 4.69) is 0 Å². The molecule has 1 aromatic carbocycles. The average Bonchev–Trinajstić information content (AvgIpc) is 3.03. The molecule has 1 aliphatic carbocycles. The van der Waals surface area contributed by atoms with Gasteiger partial charge >= 0.3 is 6.09 Å². The largest absolute Gasteiger partial charge is 0.506 e. The molecule has 1 fully saturated rings. The number of hydrogen-bond acceptors (Lipinski definition) is 4. The predicted molar refractivity (Wildman–Crippen MR) is 77.8 cm³/mol. The third kappa shape index (κ3) is 3.63. The number of rotatable bonds is 3. The Kier molecular flexibility index (Phi) is 3.65. The minimum absolute atomic E-state index is 0.0441. The number of amides is 1. The van der Waals surface area contributed by atoms with Crippen LogP contribution in [-0.2, 0) is 4.74 Å². The number of hydrogen-bond donors (Lipinski definition) is 2. The Hall–Kier alpha value is -1.75. The van der Waals surface area contributed by atoms with Gasteiger partial charge in [0, 0.05) is 12.1 Å². The molecule has 0 heterocycles. The molecule has 3 N–H and O–H groups in total. The fourth-order valence-corrected chi connectivity index (χ4v) is 1.89. The number of phenolic OH excluding ortho intramolecular Hbond substituents is 1. The molecular formula is C15H22N2O3. The van der Waals surface area contributed by atoms with Crippen LogP contribution in [0.25, 0.3) is 0 Å². The van der Waals surface area contributed by atoms with Crippen LogP contribution in [0.1, 0.15) is 33.6 Å². The summed E-state index contributed by atoms with van der Waals surface area (Å²) in [5, 5.41) is 9.96. The highest BCUT2D eigenvalue weighted by Gasteiger charge is 2.42. The highest BCUT2D eigenvalue weighted by Crippen LogP contribution is 2.37. The summed E-state index contributed by atoms with van der Waals surface area (Å²) in [7, 11) is 0. The van der Waals surface area contributed by atoms with Gasteiger partial charge in [-0.3, -0.25) is 4.90 Å². The summed E-state index contributed by atoms with van der Waals surface area (Å²) < 4.78 is 5.40. The van der Waals surface area contributed by atoms with Gasteiger partial charge in [0.25, 0.3) is 0 Å². The summed E-state index contributed by atoms with van der Waals surface area (Å²) >= 11 is 0. The molecular weight excluding hydrogens is 256 g/mol. The van der Waals surface area contributed by atoms with Gasteiger partial charge in [-0.2, -0.15) is 0 Å². The molecule has 5 nitrogen and oxygen atoms in total. The Morgan fingerprint density at radius 3 is 2.50 bits per heavy atom. The van der Waals surface area contributed by atoms with Crippen LogP contribution in [0, 0.1) is 0 Å². The van der Waals surface area contributed by atoms with E-state index in [0.29, 0.717) is 12.2 Å². The quantitative estimate of drug-likeness (QED) is 0.891. The highest BCUT2D eigenvalue weighted by atomic mass is 16.6. The molecule has 2 rings (SSSR count). The number of benzene rings is 1. The lowest BCUT2D eigenvalue weighted by molar-refractivity contribution is 0.0576. The van der Waals surface area contributed by atoms with Crippen molar-refractivity contribution in [2.24, 2.45) is 5.73 Å².